The van der Waals surface area contributed by atoms with Gasteiger partial charge in [-0.1, -0.05) is 19.9 Å². The molecular weight excluding hydrogens is 324 g/mol. The van der Waals surface area contributed by atoms with Gasteiger partial charge in [0.2, 0.25) is 0 Å². The Morgan fingerprint density at radius 2 is 2.17 bits per heavy atom. The zero-order valence-corrected chi connectivity index (χ0v) is 14.9. The Bertz CT molecular complexity index is 682. The number of thiophene rings is 1. The maximum absolute atomic E-state index is 11.8. The fourth-order valence-electron chi connectivity index (χ4n) is 1.92. The van der Waals surface area contributed by atoms with Crippen molar-refractivity contribution in [3.63, 3.8) is 0 Å². The van der Waals surface area contributed by atoms with Crippen molar-refractivity contribution in [2.45, 2.75) is 20.3 Å². The van der Waals surface area contributed by atoms with Gasteiger partial charge in [0.25, 0.3) is 5.91 Å². The second kappa shape index (κ2) is 9.08. The van der Waals surface area contributed by atoms with Crippen molar-refractivity contribution in [1.82, 2.24) is 5.43 Å². The highest BCUT2D eigenvalue weighted by Crippen LogP contribution is 2.27. The van der Waals surface area contributed by atoms with E-state index in [-0.39, 0.29) is 5.91 Å². The molecule has 1 amide bonds. The number of rotatable bonds is 8. The van der Waals surface area contributed by atoms with Gasteiger partial charge in [-0.05, 0) is 47.5 Å². The SMILES string of the molecule is COc1cc(C=NNC(=O)c2cccs2)ccc1OCCC(C)C. The van der Waals surface area contributed by atoms with E-state index in [4.69, 9.17) is 9.47 Å². The number of carbonyl (C=O) groups is 1. The Kier molecular flexibility index (Phi) is 6.81. The minimum Gasteiger partial charge on any atom is -0.493 e. The molecule has 0 aliphatic carbocycles. The van der Waals surface area contributed by atoms with E-state index in [2.05, 4.69) is 24.4 Å². The molecule has 0 saturated heterocycles. The number of hydrogen-bond acceptors (Lipinski definition) is 5. The molecule has 1 heterocycles. The molecule has 0 aliphatic heterocycles. The van der Waals surface area contributed by atoms with E-state index < -0.39 is 0 Å². The topological polar surface area (TPSA) is 59.9 Å². The van der Waals surface area contributed by atoms with Crippen molar-refractivity contribution in [1.29, 1.82) is 0 Å². The third-order valence-corrected chi connectivity index (χ3v) is 4.13. The molecule has 2 rings (SSSR count). The van der Waals surface area contributed by atoms with Gasteiger partial charge >= 0.3 is 0 Å². The number of amides is 1. The molecule has 0 spiro atoms. The lowest BCUT2D eigenvalue weighted by Gasteiger charge is -2.12. The summed E-state index contributed by atoms with van der Waals surface area (Å²) < 4.78 is 11.1. The quantitative estimate of drug-likeness (QED) is 0.582. The highest BCUT2D eigenvalue weighted by atomic mass is 32.1. The number of nitrogens with one attached hydrogen (secondary N) is 1. The first-order valence-corrected chi connectivity index (χ1v) is 8.66. The lowest BCUT2D eigenvalue weighted by Crippen LogP contribution is -2.16. The Morgan fingerprint density at radius 1 is 1.33 bits per heavy atom. The molecule has 0 unspecified atom stereocenters. The third-order valence-electron chi connectivity index (χ3n) is 3.27. The molecule has 1 aromatic heterocycles. The van der Waals surface area contributed by atoms with Crippen LogP contribution in [0.1, 0.15) is 35.5 Å². The average molecular weight is 346 g/mol. The minimum atomic E-state index is -0.221. The predicted octanol–water partition coefficient (Wildman–Crippen LogP) is 3.95. The standard InChI is InChI=1S/C18H22N2O3S/c1-13(2)8-9-23-15-7-6-14(11-16(15)22-3)12-19-20-18(21)17-5-4-10-24-17/h4-7,10-13H,8-9H2,1-3H3,(H,20,21). The summed E-state index contributed by atoms with van der Waals surface area (Å²) in [6.07, 6.45) is 2.56. The summed E-state index contributed by atoms with van der Waals surface area (Å²) in [4.78, 5) is 12.4. The van der Waals surface area contributed by atoms with Crippen LogP contribution in [-0.4, -0.2) is 25.8 Å². The van der Waals surface area contributed by atoms with Crippen LogP contribution in [0.5, 0.6) is 11.5 Å². The van der Waals surface area contributed by atoms with E-state index in [1.807, 2.05) is 29.6 Å². The van der Waals surface area contributed by atoms with E-state index in [9.17, 15) is 4.79 Å². The van der Waals surface area contributed by atoms with Crippen molar-refractivity contribution in [3.8, 4) is 11.5 Å². The number of carbonyl (C=O) groups excluding carboxylic acids is 1. The maximum atomic E-state index is 11.8. The van der Waals surface area contributed by atoms with Crippen LogP contribution in [0.15, 0.2) is 40.8 Å². The number of benzene rings is 1. The molecule has 6 heteroatoms. The number of nitrogens with zero attached hydrogens (tertiary/aromatic N) is 1. The zero-order chi connectivity index (χ0) is 17.4. The molecule has 1 N–H and O–H groups in total. The molecule has 0 bridgehead atoms. The lowest BCUT2D eigenvalue weighted by molar-refractivity contribution is 0.0959. The number of methoxy groups -OCH3 is 1. The molecule has 128 valence electrons. The lowest BCUT2D eigenvalue weighted by atomic mass is 10.1. The molecule has 0 aliphatic rings. The second-order valence-corrected chi connectivity index (χ2v) is 6.57. The van der Waals surface area contributed by atoms with Gasteiger partial charge in [-0.2, -0.15) is 5.10 Å². The van der Waals surface area contributed by atoms with Crippen LogP contribution in [0.3, 0.4) is 0 Å². The third kappa shape index (κ3) is 5.38. The highest BCUT2D eigenvalue weighted by Gasteiger charge is 2.06. The van der Waals surface area contributed by atoms with Gasteiger partial charge in [-0.25, -0.2) is 5.43 Å². The number of hydrazone groups is 1. The van der Waals surface area contributed by atoms with Gasteiger partial charge in [-0.15, -0.1) is 11.3 Å². The maximum Gasteiger partial charge on any atom is 0.281 e. The summed E-state index contributed by atoms with van der Waals surface area (Å²) in [6.45, 7) is 4.97. The summed E-state index contributed by atoms with van der Waals surface area (Å²) in [5, 5.41) is 5.82. The van der Waals surface area contributed by atoms with Gasteiger partial charge in [0.05, 0.1) is 24.8 Å². The van der Waals surface area contributed by atoms with Gasteiger partial charge in [0, 0.05) is 0 Å². The first kappa shape index (κ1) is 18.0. The van der Waals surface area contributed by atoms with Crippen molar-refractivity contribution in [2.24, 2.45) is 11.0 Å². The summed E-state index contributed by atoms with van der Waals surface area (Å²) in [6, 6.07) is 9.12. The zero-order valence-electron chi connectivity index (χ0n) is 14.1. The normalized spacial score (nSPS) is 11.0. The summed E-state index contributed by atoms with van der Waals surface area (Å²) in [5.74, 6) is 1.72. The predicted molar refractivity (Wildman–Crippen MR) is 97.3 cm³/mol. The fraction of sp³-hybridized carbons (Fsp3) is 0.333. The first-order chi connectivity index (χ1) is 11.6. The first-order valence-electron chi connectivity index (χ1n) is 7.78. The van der Waals surface area contributed by atoms with E-state index in [0.29, 0.717) is 28.9 Å². The number of hydrogen-bond donors (Lipinski definition) is 1. The Balaban J connectivity index is 1.95. The molecule has 0 radical (unpaired) electrons. The van der Waals surface area contributed by atoms with Gasteiger partial charge in [0.1, 0.15) is 0 Å². The molecule has 0 saturated carbocycles. The monoisotopic (exact) mass is 346 g/mol. The van der Waals surface area contributed by atoms with Gasteiger partial charge in [0.15, 0.2) is 11.5 Å². The summed E-state index contributed by atoms with van der Waals surface area (Å²) >= 11 is 1.37. The van der Waals surface area contributed by atoms with Crippen LogP contribution < -0.4 is 14.9 Å². The highest BCUT2D eigenvalue weighted by molar-refractivity contribution is 7.12. The molecule has 5 nitrogen and oxygen atoms in total. The van der Waals surface area contributed by atoms with Crippen LogP contribution in [0, 0.1) is 5.92 Å². The van der Waals surface area contributed by atoms with Crippen molar-refractivity contribution in [2.75, 3.05) is 13.7 Å². The molecule has 2 aromatic rings. The van der Waals surface area contributed by atoms with E-state index >= 15 is 0 Å². The molecule has 1 aromatic carbocycles. The van der Waals surface area contributed by atoms with Crippen molar-refractivity contribution >= 4 is 23.5 Å². The van der Waals surface area contributed by atoms with Crippen LogP contribution >= 0.6 is 11.3 Å². The van der Waals surface area contributed by atoms with E-state index in [1.54, 1.807) is 19.4 Å². The van der Waals surface area contributed by atoms with Crippen LogP contribution in [0.4, 0.5) is 0 Å². The Hall–Kier alpha value is -2.34. The minimum absolute atomic E-state index is 0.221. The van der Waals surface area contributed by atoms with Gasteiger partial charge < -0.3 is 9.47 Å². The molecule has 0 atom stereocenters. The summed E-state index contributed by atoms with van der Waals surface area (Å²) in [5.41, 5.74) is 3.32. The molecule has 0 fully saturated rings. The van der Waals surface area contributed by atoms with E-state index in [0.717, 1.165) is 12.0 Å². The van der Waals surface area contributed by atoms with Crippen LogP contribution in [0.25, 0.3) is 0 Å². The Labute approximate surface area is 146 Å². The summed E-state index contributed by atoms with van der Waals surface area (Å²) in [7, 11) is 1.60. The van der Waals surface area contributed by atoms with Crippen molar-refractivity contribution < 1.29 is 14.3 Å². The van der Waals surface area contributed by atoms with Gasteiger partial charge in [-0.3, -0.25) is 4.79 Å². The van der Waals surface area contributed by atoms with E-state index in [1.165, 1.54) is 11.3 Å². The molecular formula is C18H22N2O3S. The average Bonchev–Trinajstić information content (AvgIpc) is 3.10. The molecule has 24 heavy (non-hydrogen) atoms. The fourth-order valence-corrected chi connectivity index (χ4v) is 2.53. The largest absolute Gasteiger partial charge is 0.493 e. The smallest absolute Gasteiger partial charge is 0.281 e. The Morgan fingerprint density at radius 3 is 2.83 bits per heavy atom. The second-order valence-electron chi connectivity index (χ2n) is 5.62. The number of ether oxygens (including phenoxy) is 2. The van der Waals surface area contributed by atoms with Crippen LogP contribution in [-0.2, 0) is 0 Å². The van der Waals surface area contributed by atoms with Crippen molar-refractivity contribution in [3.05, 3.63) is 46.2 Å². The van der Waals surface area contributed by atoms with Crippen LogP contribution in [0.2, 0.25) is 0 Å².